The van der Waals surface area contributed by atoms with Crippen LogP contribution in [0.3, 0.4) is 0 Å². The monoisotopic (exact) mass is 167 g/mol. The minimum absolute atomic E-state index is 0.852. The average molecular weight is 167 g/mol. The van der Waals surface area contributed by atoms with Crippen molar-refractivity contribution in [3.8, 4) is 0 Å². The second-order valence-corrected chi connectivity index (χ2v) is 5.27. The van der Waals surface area contributed by atoms with Gasteiger partial charge in [-0.25, -0.2) is 0 Å². The molecule has 0 unspecified atom stereocenters. The Morgan fingerprint density at radius 1 is 1.00 bits per heavy atom. The van der Waals surface area contributed by atoms with Gasteiger partial charge in [0, 0.05) is 19.1 Å². The van der Waals surface area contributed by atoms with E-state index >= 15 is 0 Å². The molecule has 0 amide bonds. The lowest BCUT2D eigenvalue weighted by Crippen LogP contribution is -2.41. The molecule has 0 aliphatic carbocycles. The summed E-state index contributed by atoms with van der Waals surface area (Å²) in [5.41, 5.74) is 0. The lowest BCUT2D eigenvalue weighted by Gasteiger charge is -2.31. The third-order valence-electron chi connectivity index (χ3n) is 3.75. The van der Waals surface area contributed by atoms with Crippen LogP contribution in [0, 0.1) is 23.7 Å². The maximum Gasteiger partial charge on any atom is 0.0153 e. The van der Waals surface area contributed by atoms with Gasteiger partial charge in [0.1, 0.15) is 0 Å². The Morgan fingerprint density at radius 2 is 1.58 bits per heavy atom. The number of rotatable bonds is 2. The van der Waals surface area contributed by atoms with Crippen LogP contribution >= 0.6 is 0 Å². The molecule has 0 aromatic heterocycles. The molecule has 0 aromatic carbocycles. The standard InChI is InChI=1S/C11H21N/c1-7(2)10-9-5-12(6-9)11(10)8(3)4/h7-11H,5-6H2,1-4H3/t10-,11-/m1/s1. The van der Waals surface area contributed by atoms with Crippen molar-refractivity contribution in [2.24, 2.45) is 23.7 Å². The molecular formula is C11H21N. The van der Waals surface area contributed by atoms with Gasteiger partial charge in [0.05, 0.1) is 0 Å². The van der Waals surface area contributed by atoms with Crippen LogP contribution in [0.1, 0.15) is 27.7 Å². The van der Waals surface area contributed by atoms with Gasteiger partial charge in [-0.3, -0.25) is 4.90 Å². The van der Waals surface area contributed by atoms with Crippen molar-refractivity contribution in [1.29, 1.82) is 0 Å². The van der Waals surface area contributed by atoms with Crippen LogP contribution in [0.2, 0.25) is 0 Å². The van der Waals surface area contributed by atoms with E-state index in [1.54, 1.807) is 0 Å². The van der Waals surface area contributed by atoms with Crippen molar-refractivity contribution < 1.29 is 0 Å². The van der Waals surface area contributed by atoms with E-state index < -0.39 is 0 Å². The van der Waals surface area contributed by atoms with Gasteiger partial charge in [-0.1, -0.05) is 27.7 Å². The third-order valence-corrected chi connectivity index (χ3v) is 3.75. The molecule has 1 nitrogen and oxygen atoms in total. The Bertz CT molecular complexity index is 150. The summed E-state index contributed by atoms with van der Waals surface area (Å²) < 4.78 is 0. The van der Waals surface area contributed by atoms with Crippen LogP contribution in [-0.2, 0) is 0 Å². The second kappa shape index (κ2) is 2.73. The molecule has 3 heterocycles. The Labute approximate surface area is 76.1 Å². The number of hydrogen-bond acceptors (Lipinski definition) is 1. The SMILES string of the molecule is CC(C)[C@@H]1C2CN(C2)[C@@H]1C(C)C. The molecular weight excluding hydrogens is 146 g/mol. The Kier molecular flexibility index (Phi) is 1.95. The van der Waals surface area contributed by atoms with Gasteiger partial charge < -0.3 is 0 Å². The summed E-state index contributed by atoms with van der Waals surface area (Å²) in [6, 6.07) is 0.898. The topological polar surface area (TPSA) is 3.24 Å². The summed E-state index contributed by atoms with van der Waals surface area (Å²) in [5, 5.41) is 0. The van der Waals surface area contributed by atoms with E-state index in [1.807, 2.05) is 0 Å². The van der Waals surface area contributed by atoms with Gasteiger partial charge >= 0.3 is 0 Å². The molecule has 0 aromatic rings. The Morgan fingerprint density at radius 3 is 1.92 bits per heavy atom. The molecule has 0 spiro atoms. The van der Waals surface area contributed by atoms with Crippen LogP contribution in [-0.4, -0.2) is 24.0 Å². The fourth-order valence-corrected chi connectivity index (χ4v) is 3.36. The number of hydrogen-bond donors (Lipinski definition) is 0. The average Bonchev–Trinajstić information content (AvgIpc) is 2.34. The van der Waals surface area contributed by atoms with Gasteiger partial charge in [-0.05, 0) is 23.7 Å². The lowest BCUT2D eigenvalue weighted by atomic mass is 9.80. The van der Waals surface area contributed by atoms with E-state index in [2.05, 4.69) is 32.6 Å². The number of fused-ring (bicyclic) bond motifs is 1. The van der Waals surface area contributed by atoms with E-state index in [1.165, 1.54) is 13.1 Å². The minimum Gasteiger partial charge on any atom is -0.299 e. The Hall–Kier alpha value is -0.0400. The molecule has 2 bridgehead atoms. The largest absolute Gasteiger partial charge is 0.299 e. The Balaban J connectivity index is 2.11. The molecule has 0 radical (unpaired) electrons. The summed E-state index contributed by atoms with van der Waals surface area (Å²) in [4.78, 5) is 2.68. The molecule has 70 valence electrons. The summed E-state index contributed by atoms with van der Waals surface area (Å²) in [6.07, 6.45) is 0. The van der Waals surface area contributed by atoms with E-state index in [0.717, 1.165) is 29.7 Å². The van der Waals surface area contributed by atoms with E-state index in [9.17, 15) is 0 Å². The van der Waals surface area contributed by atoms with Crippen LogP contribution in [0.5, 0.6) is 0 Å². The summed E-state index contributed by atoms with van der Waals surface area (Å²) >= 11 is 0. The predicted octanol–water partition coefficient (Wildman–Crippen LogP) is 2.23. The van der Waals surface area contributed by atoms with Gasteiger partial charge in [0.25, 0.3) is 0 Å². The first-order valence-corrected chi connectivity index (χ1v) is 5.35. The molecule has 1 heteroatoms. The van der Waals surface area contributed by atoms with E-state index in [-0.39, 0.29) is 0 Å². The molecule has 12 heavy (non-hydrogen) atoms. The van der Waals surface area contributed by atoms with E-state index in [0.29, 0.717) is 0 Å². The second-order valence-electron chi connectivity index (χ2n) is 5.27. The smallest absolute Gasteiger partial charge is 0.0153 e. The maximum atomic E-state index is 2.68. The highest BCUT2D eigenvalue weighted by Gasteiger charge is 2.51. The molecule has 3 saturated heterocycles. The van der Waals surface area contributed by atoms with E-state index in [4.69, 9.17) is 0 Å². The molecule has 0 N–H and O–H groups in total. The predicted molar refractivity (Wildman–Crippen MR) is 52.0 cm³/mol. The molecule has 3 rings (SSSR count). The summed E-state index contributed by atoms with van der Waals surface area (Å²) in [7, 11) is 0. The van der Waals surface area contributed by atoms with Crippen molar-refractivity contribution in [2.75, 3.05) is 13.1 Å². The first-order chi connectivity index (χ1) is 5.61. The first-order valence-electron chi connectivity index (χ1n) is 5.35. The normalized spacial score (nSPS) is 45.5. The highest BCUT2D eigenvalue weighted by molar-refractivity contribution is 5.04. The van der Waals surface area contributed by atoms with Crippen molar-refractivity contribution >= 4 is 0 Å². The summed E-state index contributed by atoms with van der Waals surface area (Å²) in [5.74, 6) is 3.77. The van der Waals surface area contributed by atoms with Crippen LogP contribution in [0.25, 0.3) is 0 Å². The van der Waals surface area contributed by atoms with Crippen molar-refractivity contribution in [3.05, 3.63) is 0 Å². The fraction of sp³-hybridized carbons (Fsp3) is 1.00. The van der Waals surface area contributed by atoms with Gasteiger partial charge in [-0.15, -0.1) is 0 Å². The van der Waals surface area contributed by atoms with Crippen LogP contribution in [0.4, 0.5) is 0 Å². The first kappa shape index (κ1) is 8.55. The van der Waals surface area contributed by atoms with Gasteiger partial charge in [-0.2, -0.15) is 0 Å². The highest BCUT2D eigenvalue weighted by atomic mass is 15.3. The van der Waals surface area contributed by atoms with Crippen molar-refractivity contribution in [3.63, 3.8) is 0 Å². The minimum atomic E-state index is 0.852. The molecule has 0 saturated carbocycles. The fourth-order valence-electron chi connectivity index (χ4n) is 3.36. The van der Waals surface area contributed by atoms with Gasteiger partial charge in [0.2, 0.25) is 0 Å². The lowest BCUT2D eigenvalue weighted by molar-refractivity contribution is 0.151. The number of nitrogens with zero attached hydrogens (tertiary/aromatic N) is 1. The molecule has 3 aliphatic heterocycles. The van der Waals surface area contributed by atoms with Crippen LogP contribution < -0.4 is 0 Å². The highest BCUT2D eigenvalue weighted by Crippen LogP contribution is 2.46. The molecule has 3 fully saturated rings. The quantitative estimate of drug-likeness (QED) is 0.609. The van der Waals surface area contributed by atoms with Crippen molar-refractivity contribution in [2.45, 2.75) is 33.7 Å². The summed E-state index contributed by atoms with van der Waals surface area (Å²) in [6.45, 7) is 12.3. The third kappa shape index (κ3) is 1.02. The van der Waals surface area contributed by atoms with Crippen molar-refractivity contribution in [1.82, 2.24) is 4.90 Å². The van der Waals surface area contributed by atoms with Crippen LogP contribution in [0.15, 0.2) is 0 Å². The zero-order valence-corrected chi connectivity index (χ0v) is 8.75. The zero-order chi connectivity index (χ0) is 8.88. The maximum absolute atomic E-state index is 2.68. The van der Waals surface area contributed by atoms with Gasteiger partial charge in [0.15, 0.2) is 0 Å². The molecule has 3 aliphatic rings. The zero-order valence-electron chi connectivity index (χ0n) is 8.75. The molecule has 2 atom stereocenters.